The first-order valence-corrected chi connectivity index (χ1v) is 25.3. The molecule has 0 saturated heterocycles. The Bertz CT molecular complexity index is 4460. The summed E-state index contributed by atoms with van der Waals surface area (Å²) in [6.07, 6.45) is 0. The van der Waals surface area contributed by atoms with Gasteiger partial charge in [0.25, 0.3) is 0 Å². The van der Waals surface area contributed by atoms with E-state index in [4.69, 9.17) is 0 Å². The lowest BCUT2D eigenvalue weighted by molar-refractivity contribution is 1.70. The standard InChI is InChI=1S/C64H36S3/c1-3-18-44-42(16-1)60(37-28-31-56-51(34-37)40-14-9-11-25-54(40)65-56)43-17-2-4-19-45(43)62(44)39-30-33-58-53(36-39)64-50(24-13-27-59(64)67-58)63-48-22-7-5-20-46(48)61(47-21-6-8-23-49(47)63)38-29-32-57-52(35-38)41-15-10-12-26-55(41)66-57/h1-36H. The van der Waals surface area contributed by atoms with Crippen LogP contribution < -0.4 is 0 Å². The maximum absolute atomic E-state index is 2.49. The molecule has 3 aromatic heterocycles. The van der Waals surface area contributed by atoms with E-state index in [1.807, 2.05) is 34.0 Å². The third kappa shape index (κ3) is 5.51. The third-order valence-corrected chi connectivity index (χ3v) is 17.7. The van der Waals surface area contributed by atoms with Crippen LogP contribution in [0.4, 0.5) is 0 Å². The van der Waals surface area contributed by atoms with Crippen LogP contribution in [-0.2, 0) is 0 Å². The Hall–Kier alpha value is -7.66. The van der Waals surface area contributed by atoms with Crippen molar-refractivity contribution in [2.75, 3.05) is 0 Å². The van der Waals surface area contributed by atoms with Crippen LogP contribution in [0.2, 0.25) is 0 Å². The molecule has 0 N–H and O–H groups in total. The molecule has 0 aliphatic rings. The van der Waals surface area contributed by atoms with Gasteiger partial charge in [-0.2, -0.15) is 0 Å². The van der Waals surface area contributed by atoms with Crippen LogP contribution in [0.25, 0.3) is 148 Å². The van der Waals surface area contributed by atoms with Crippen LogP contribution >= 0.6 is 34.0 Å². The summed E-state index contributed by atoms with van der Waals surface area (Å²) in [7, 11) is 0. The van der Waals surface area contributed by atoms with E-state index in [2.05, 4.69) is 218 Å². The van der Waals surface area contributed by atoms with E-state index in [-0.39, 0.29) is 0 Å². The molecule has 3 heterocycles. The maximum Gasteiger partial charge on any atom is 0.0361 e. The Labute approximate surface area is 397 Å². The van der Waals surface area contributed by atoms with Crippen molar-refractivity contribution >= 4 is 138 Å². The highest BCUT2D eigenvalue weighted by Gasteiger charge is 2.22. The number of thiophene rings is 3. The van der Waals surface area contributed by atoms with E-state index >= 15 is 0 Å². The zero-order valence-corrected chi connectivity index (χ0v) is 38.5. The Morgan fingerprint density at radius 2 is 0.493 bits per heavy atom. The number of hydrogen-bond donors (Lipinski definition) is 0. The summed E-state index contributed by atoms with van der Waals surface area (Å²) >= 11 is 5.65. The molecule has 0 fully saturated rings. The second-order valence-electron chi connectivity index (χ2n) is 17.8. The molecule has 15 aromatic rings. The molecular weight excluding hydrogens is 865 g/mol. The molecule has 3 heteroatoms. The molecule has 15 rings (SSSR count). The zero-order valence-electron chi connectivity index (χ0n) is 36.0. The van der Waals surface area contributed by atoms with Crippen molar-refractivity contribution in [3.63, 3.8) is 0 Å². The lowest BCUT2D eigenvalue weighted by Crippen LogP contribution is -1.91. The molecule has 0 bridgehead atoms. The summed E-state index contributed by atoms with van der Waals surface area (Å²) in [6, 6.07) is 82.3. The molecule has 67 heavy (non-hydrogen) atoms. The quantitative estimate of drug-likeness (QED) is 0.154. The van der Waals surface area contributed by atoms with E-state index in [0.717, 1.165) is 0 Å². The molecule has 0 aliphatic heterocycles. The van der Waals surface area contributed by atoms with Crippen LogP contribution in [0.3, 0.4) is 0 Å². The van der Waals surface area contributed by atoms with Crippen molar-refractivity contribution in [2.24, 2.45) is 0 Å². The Balaban J connectivity index is 0.970. The van der Waals surface area contributed by atoms with Gasteiger partial charge in [-0.1, -0.05) is 164 Å². The number of fused-ring (bicyclic) bond motifs is 13. The topological polar surface area (TPSA) is 0 Å². The van der Waals surface area contributed by atoms with Gasteiger partial charge in [0.1, 0.15) is 0 Å². The summed E-state index contributed by atoms with van der Waals surface area (Å²) in [4.78, 5) is 0. The van der Waals surface area contributed by atoms with Gasteiger partial charge < -0.3 is 0 Å². The molecule has 0 spiro atoms. The lowest BCUT2D eigenvalue weighted by Gasteiger charge is -2.19. The average molecular weight is 901 g/mol. The van der Waals surface area contributed by atoms with Crippen LogP contribution in [-0.4, -0.2) is 0 Å². The Kier molecular flexibility index (Phi) is 8.08. The first kappa shape index (κ1) is 37.5. The minimum absolute atomic E-state index is 1.24. The first-order chi connectivity index (χ1) is 33.2. The van der Waals surface area contributed by atoms with E-state index in [9.17, 15) is 0 Å². The maximum atomic E-state index is 2.49. The van der Waals surface area contributed by atoms with Crippen molar-refractivity contribution < 1.29 is 0 Å². The van der Waals surface area contributed by atoms with E-state index in [1.165, 1.54) is 148 Å². The molecule has 0 amide bonds. The molecule has 0 atom stereocenters. The van der Waals surface area contributed by atoms with Crippen molar-refractivity contribution in [1.82, 2.24) is 0 Å². The molecule has 0 unspecified atom stereocenters. The third-order valence-electron chi connectivity index (χ3n) is 14.2. The second kappa shape index (κ2) is 14.4. The van der Waals surface area contributed by atoms with Gasteiger partial charge in [0.2, 0.25) is 0 Å². The van der Waals surface area contributed by atoms with Crippen molar-refractivity contribution in [3.8, 4) is 44.5 Å². The van der Waals surface area contributed by atoms with Gasteiger partial charge in [0.15, 0.2) is 0 Å². The van der Waals surface area contributed by atoms with Crippen molar-refractivity contribution in [3.05, 3.63) is 218 Å². The minimum atomic E-state index is 1.24. The van der Waals surface area contributed by atoms with Gasteiger partial charge in [0.05, 0.1) is 0 Å². The normalized spacial score (nSPS) is 12.2. The molecule has 0 aliphatic carbocycles. The summed E-state index contributed by atoms with van der Waals surface area (Å²) in [5, 5.41) is 18.1. The average Bonchev–Trinajstić information content (AvgIpc) is 4.08. The Morgan fingerprint density at radius 1 is 0.194 bits per heavy atom. The second-order valence-corrected chi connectivity index (χ2v) is 21.0. The largest absolute Gasteiger partial charge is 0.135 e. The van der Waals surface area contributed by atoms with Gasteiger partial charge in [-0.15, -0.1) is 34.0 Å². The fourth-order valence-electron chi connectivity index (χ4n) is 11.4. The number of hydrogen-bond acceptors (Lipinski definition) is 3. The molecule has 12 aromatic carbocycles. The zero-order chi connectivity index (χ0) is 43.7. The van der Waals surface area contributed by atoms with Gasteiger partial charge in [-0.3, -0.25) is 0 Å². The highest BCUT2D eigenvalue weighted by molar-refractivity contribution is 7.26. The van der Waals surface area contributed by atoms with Gasteiger partial charge in [0, 0.05) is 60.5 Å². The highest BCUT2D eigenvalue weighted by atomic mass is 32.1. The van der Waals surface area contributed by atoms with Crippen LogP contribution in [0.1, 0.15) is 0 Å². The summed E-state index contributed by atoms with van der Waals surface area (Å²) < 4.78 is 7.92. The SMILES string of the molecule is c1ccc2c(c1)sc1ccc(-c3c4ccccc4c(-c4ccc5sc6cccc(-c7c8ccccc8c(-c8ccc9sc%10ccccc%10c9c8)c8ccccc78)c6c5c4)c4ccccc34)cc12. The minimum Gasteiger partial charge on any atom is -0.135 e. The van der Waals surface area contributed by atoms with Crippen molar-refractivity contribution in [1.29, 1.82) is 0 Å². The van der Waals surface area contributed by atoms with Gasteiger partial charge in [-0.25, -0.2) is 0 Å². The molecule has 0 nitrogen and oxygen atoms in total. The lowest BCUT2D eigenvalue weighted by atomic mass is 9.84. The first-order valence-electron chi connectivity index (χ1n) is 22.9. The predicted octanol–water partition coefficient (Wildman–Crippen LogP) is 20.1. The molecule has 0 saturated carbocycles. The smallest absolute Gasteiger partial charge is 0.0361 e. The monoisotopic (exact) mass is 900 g/mol. The fourth-order valence-corrected chi connectivity index (χ4v) is 14.7. The number of rotatable bonds is 4. The molecular formula is C64H36S3. The summed E-state index contributed by atoms with van der Waals surface area (Å²) in [6.45, 7) is 0. The Morgan fingerprint density at radius 3 is 0.910 bits per heavy atom. The van der Waals surface area contributed by atoms with E-state index < -0.39 is 0 Å². The van der Waals surface area contributed by atoms with Crippen LogP contribution in [0, 0.1) is 0 Å². The van der Waals surface area contributed by atoms with Gasteiger partial charge >= 0.3 is 0 Å². The molecule has 0 radical (unpaired) electrons. The summed E-state index contributed by atoms with van der Waals surface area (Å²) in [5.74, 6) is 0. The van der Waals surface area contributed by atoms with E-state index in [1.54, 1.807) is 0 Å². The summed E-state index contributed by atoms with van der Waals surface area (Å²) in [5.41, 5.74) is 10.2. The van der Waals surface area contributed by atoms with Crippen molar-refractivity contribution in [2.45, 2.75) is 0 Å². The van der Waals surface area contributed by atoms with Gasteiger partial charge in [-0.05, 0) is 142 Å². The van der Waals surface area contributed by atoms with Crippen LogP contribution in [0.5, 0.6) is 0 Å². The highest BCUT2D eigenvalue weighted by Crippen LogP contribution is 2.51. The number of benzene rings is 12. The molecule has 310 valence electrons. The van der Waals surface area contributed by atoms with E-state index in [0.29, 0.717) is 0 Å². The van der Waals surface area contributed by atoms with Crippen LogP contribution in [0.15, 0.2) is 218 Å². The predicted molar refractivity (Wildman–Crippen MR) is 297 cm³/mol. The fraction of sp³-hybridized carbons (Fsp3) is 0.